The van der Waals surface area contributed by atoms with Gasteiger partial charge in [0.2, 0.25) is 5.91 Å². The summed E-state index contributed by atoms with van der Waals surface area (Å²) < 4.78 is 13.2. The first-order chi connectivity index (χ1) is 12.6. The summed E-state index contributed by atoms with van der Waals surface area (Å²) in [5.41, 5.74) is 3.35. The van der Waals surface area contributed by atoms with Gasteiger partial charge in [-0.25, -0.2) is 4.39 Å². The van der Waals surface area contributed by atoms with Crippen LogP contribution in [0.1, 0.15) is 12.1 Å². The molecule has 0 atom stereocenters. The maximum Gasteiger partial charge on any atom is 0.224 e. The summed E-state index contributed by atoms with van der Waals surface area (Å²) in [6.07, 6.45) is 2.58. The van der Waals surface area contributed by atoms with Crippen molar-refractivity contribution in [2.45, 2.75) is 12.8 Å². The summed E-state index contributed by atoms with van der Waals surface area (Å²) in [5, 5.41) is 4.93. The van der Waals surface area contributed by atoms with E-state index < -0.39 is 5.82 Å². The zero-order valence-corrected chi connectivity index (χ0v) is 14.5. The van der Waals surface area contributed by atoms with Gasteiger partial charge >= 0.3 is 0 Å². The highest BCUT2D eigenvalue weighted by molar-refractivity contribution is 6.31. The summed E-state index contributed by atoms with van der Waals surface area (Å²) in [7, 11) is 0. The minimum absolute atomic E-state index is 0.0192. The molecule has 2 heterocycles. The number of aromatic amines is 1. The molecule has 2 aromatic carbocycles. The van der Waals surface area contributed by atoms with Gasteiger partial charge in [0.15, 0.2) is 0 Å². The van der Waals surface area contributed by atoms with Gasteiger partial charge in [0.25, 0.3) is 0 Å². The number of rotatable bonds is 4. The lowest BCUT2D eigenvalue weighted by molar-refractivity contribution is -0.116. The molecule has 1 amide bonds. The summed E-state index contributed by atoms with van der Waals surface area (Å²) in [5.74, 6) is -0.686. The van der Waals surface area contributed by atoms with Gasteiger partial charge in [0.05, 0.1) is 16.7 Å². The molecule has 0 radical (unpaired) electrons. The van der Waals surface area contributed by atoms with Gasteiger partial charge in [-0.15, -0.1) is 0 Å². The molecule has 0 fully saturated rings. The molecule has 0 aliphatic carbocycles. The van der Waals surface area contributed by atoms with Crippen LogP contribution in [0.25, 0.3) is 21.8 Å². The Morgan fingerprint density at radius 2 is 1.96 bits per heavy atom. The van der Waals surface area contributed by atoms with E-state index >= 15 is 0 Å². The van der Waals surface area contributed by atoms with E-state index in [1.54, 1.807) is 6.20 Å². The normalized spacial score (nSPS) is 11.2. The van der Waals surface area contributed by atoms with Crippen LogP contribution in [0.4, 0.5) is 10.1 Å². The highest BCUT2D eigenvalue weighted by Crippen LogP contribution is 2.25. The predicted octanol–water partition coefficient (Wildman–Crippen LogP) is 5.08. The van der Waals surface area contributed by atoms with E-state index in [0.717, 1.165) is 27.5 Å². The molecule has 130 valence electrons. The van der Waals surface area contributed by atoms with Gasteiger partial charge in [0, 0.05) is 34.1 Å². The monoisotopic (exact) mass is 367 g/mol. The Kier molecular flexibility index (Phi) is 4.31. The van der Waals surface area contributed by atoms with Crippen molar-refractivity contribution in [1.29, 1.82) is 0 Å². The zero-order valence-electron chi connectivity index (χ0n) is 13.7. The van der Waals surface area contributed by atoms with Gasteiger partial charge in [-0.1, -0.05) is 29.8 Å². The number of nitrogens with zero attached hydrogens (tertiary/aromatic N) is 1. The number of aryl methyl sites for hydroxylation is 1. The summed E-state index contributed by atoms with van der Waals surface area (Å²) in [6.45, 7) is 0. The molecule has 4 rings (SSSR count). The maximum absolute atomic E-state index is 13.2. The molecule has 0 bridgehead atoms. The van der Waals surface area contributed by atoms with Crippen LogP contribution in [0.5, 0.6) is 0 Å². The number of carbonyl (C=O) groups excluding carboxylic acids is 1. The first-order valence-corrected chi connectivity index (χ1v) is 8.58. The van der Waals surface area contributed by atoms with Crippen molar-refractivity contribution in [3.63, 3.8) is 0 Å². The molecule has 4 nitrogen and oxygen atoms in total. The Hall–Kier alpha value is -2.92. The van der Waals surface area contributed by atoms with Crippen molar-refractivity contribution in [2.24, 2.45) is 0 Å². The third-order valence-corrected chi connectivity index (χ3v) is 4.55. The van der Waals surface area contributed by atoms with Gasteiger partial charge < -0.3 is 10.3 Å². The molecule has 0 saturated heterocycles. The summed E-state index contributed by atoms with van der Waals surface area (Å²) in [6, 6.07) is 14.2. The fraction of sp³-hybridized carbons (Fsp3) is 0.100. The second kappa shape index (κ2) is 6.77. The van der Waals surface area contributed by atoms with Crippen molar-refractivity contribution in [2.75, 3.05) is 5.32 Å². The molecular weight excluding hydrogens is 353 g/mol. The molecule has 26 heavy (non-hydrogen) atoms. The highest BCUT2D eigenvalue weighted by atomic mass is 35.5. The second-order valence-corrected chi connectivity index (χ2v) is 6.48. The molecule has 0 unspecified atom stereocenters. The van der Waals surface area contributed by atoms with Crippen molar-refractivity contribution in [3.05, 3.63) is 71.3 Å². The van der Waals surface area contributed by atoms with Crippen molar-refractivity contribution < 1.29 is 9.18 Å². The summed E-state index contributed by atoms with van der Waals surface area (Å²) >= 11 is 5.72. The van der Waals surface area contributed by atoms with Gasteiger partial charge in [-0.3, -0.25) is 9.78 Å². The van der Waals surface area contributed by atoms with Gasteiger partial charge in [0.1, 0.15) is 5.82 Å². The number of para-hydroxylation sites is 1. The SMILES string of the molecule is O=C(CCc1cc2c(cn1)[nH]c1ccccc12)Nc1ccc(F)c(Cl)c1. The third-order valence-electron chi connectivity index (χ3n) is 4.26. The second-order valence-electron chi connectivity index (χ2n) is 6.07. The Morgan fingerprint density at radius 1 is 1.12 bits per heavy atom. The average molecular weight is 368 g/mol. The average Bonchev–Trinajstić information content (AvgIpc) is 3.01. The number of nitrogens with one attached hydrogen (secondary N) is 2. The quantitative estimate of drug-likeness (QED) is 0.528. The number of pyridine rings is 1. The van der Waals surface area contributed by atoms with Crippen LogP contribution in [-0.4, -0.2) is 15.9 Å². The number of halogens is 2. The fourth-order valence-corrected chi connectivity index (χ4v) is 3.15. The van der Waals surface area contributed by atoms with Crippen LogP contribution in [0.2, 0.25) is 5.02 Å². The maximum atomic E-state index is 13.2. The standard InChI is InChI=1S/C20H15ClFN3O/c21-16-10-13(5-7-17(16)22)24-20(26)8-6-12-9-15-14-3-1-2-4-18(14)25-19(15)11-23-12/h1-5,7,9-11,25H,6,8H2,(H,24,26). The molecule has 6 heteroatoms. The highest BCUT2D eigenvalue weighted by Gasteiger charge is 2.09. The van der Waals surface area contributed by atoms with E-state index in [1.807, 2.05) is 24.3 Å². The van der Waals surface area contributed by atoms with Crippen LogP contribution in [-0.2, 0) is 11.2 Å². The number of hydrogen-bond donors (Lipinski definition) is 2. The Balaban J connectivity index is 1.47. The van der Waals surface area contributed by atoms with Crippen LogP contribution in [0.3, 0.4) is 0 Å². The third kappa shape index (κ3) is 3.26. The number of amides is 1. The molecule has 0 aliphatic rings. The van der Waals surface area contributed by atoms with Crippen LogP contribution >= 0.6 is 11.6 Å². The van der Waals surface area contributed by atoms with E-state index in [1.165, 1.54) is 18.2 Å². The molecule has 2 N–H and O–H groups in total. The Labute approximate surface area is 154 Å². The number of carbonyl (C=O) groups is 1. The topological polar surface area (TPSA) is 57.8 Å². The largest absolute Gasteiger partial charge is 0.353 e. The number of H-pyrrole nitrogens is 1. The molecule has 4 aromatic rings. The molecular formula is C20H15ClFN3O. The molecule has 0 spiro atoms. The van der Waals surface area contributed by atoms with E-state index in [4.69, 9.17) is 11.6 Å². The Bertz CT molecular complexity index is 1120. The Morgan fingerprint density at radius 3 is 2.81 bits per heavy atom. The molecule has 0 aliphatic heterocycles. The van der Waals surface area contributed by atoms with Crippen LogP contribution in [0, 0.1) is 5.82 Å². The number of hydrogen-bond acceptors (Lipinski definition) is 2. The minimum Gasteiger partial charge on any atom is -0.353 e. The lowest BCUT2D eigenvalue weighted by Gasteiger charge is -2.06. The van der Waals surface area contributed by atoms with Crippen molar-refractivity contribution in [3.8, 4) is 0 Å². The number of fused-ring (bicyclic) bond motifs is 3. The van der Waals surface area contributed by atoms with Crippen LogP contribution < -0.4 is 5.32 Å². The lowest BCUT2D eigenvalue weighted by atomic mass is 10.1. The van der Waals surface area contributed by atoms with Crippen LogP contribution in [0.15, 0.2) is 54.7 Å². The zero-order chi connectivity index (χ0) is 18.1. The van der Waals surface area contributed by atoms with E-state index in [2.05, 4.69) is 21.4 Å². The summed E-state index contributed by atoms with van der Waals surface area (Å²) in [4.78, 5) is 19.9. The smallest absolute Gasteiger partial charge is 0.224 e. The first kappa shape index (κ1) is 16.5. The predicted molar refractivity (Wildman–Crippen MR) is 102 cm³/mol. The van der Waals surface area contributed by atoms with Gasteiger partial charge in [-0.2, -0.15) is 0 Å². The van der Waals surface area contributed by atoms with Crippen molar-refractivity contribution in [1.82, 2.24) is 9.97 Å². The minimum atomic E-state index is -0.513. The van der Waals surface area contributed by atoms with Gasteiger partial charge in [-0.05, 0) is 36.8 Å². The molecule has 0 saturated carbocycles. The van der Waals surface area contributed by atoms with E-state index in [0.29, 0.717) is 12.1 Å². The number of anilines is 1. The first-order valence-electron chi connectivity index (χ1n) is 8.20. The lowest BCUT2D eigenvalue weighted by Crippen LogP contribution is -2.12. The van der Waals surface area contributed by atoms with Crippen molar-refractivity contribution >= 4 is 45.0 Å². The molecule has 2 aromatic heterocycles. The fourth-order valence-electron chi connectivity index (χ4n) is 2.97. The van der Waals surface area contributed by atoms with E-state index in [-0.39, 0.29) is 17.4 Å². The number of aromatic nitrogens is 2. The number of benzene rings is 2. The van der Waals surface area contributed by atoms with E-state index in [9.17, 15) is 9.18 Å².